The Kier molecular flexibility index (Phi) is 6.92. The van der Waals surface area contributed by atoms with Crippen LogP contribution in [0.25, 0.3) is 0 Å². The number of carbonyl (C=O) groups excluding carboxylic acids is 2. The molecule has 0 aliphatic carbocycles. The number of hydrogen-bond donors (Lipinski definition) is 0. The molecule has 2 aromatic carbocycles. The molecule has 6 nitrogen and oxygen atoms in total. The molecule has 2 rings (SSSR count). The van der Waals surface area contributed by atoms with Crippen LogP contribution in [-0.2, 0) is 4.74 Å². The van der Waals surface area contributed by atoms with Crippen LogP contribution in [0.1, 0.15) is 10.4 Å². The molecule has 0 unspecified atom stereocenters. The first kappa shape index (κ1) is 23.0. The van der Waals surface area contributed by atoms with Crippen molar-refractivity contribution in [1.29, 1.82) is 0 Å². The van der Waals surface area contributed by atoms with Gasteiger partial charge in [-0.15, -0.1) is 13.2 Å². The summed E-state index contributed by atoms with van der Waals surface area (Å²) in [5, 5.41) is 0. The molecule has 12 heteroatoms. The fourth-order valence-electron chi connectivity index (χ4n) is 2.41. The maximum Gasteiger partial charge on any atom is 0.573 e. The number of ether oxygens (including phenoxy) is 2. The minimum Gasteiger partial charge on any atom is -0.406 e. The fourth-order valence-corrected chi connectivity index (χ4v) is 2.41. The summed E-state index contributed by atoms with van der Waals surface area (Å²) in [4.78, 5) is 26.0. The van der Waals surface area contributed by atoms with Gasteiger partial charge in [-0.3, -0.25) is 9.69 Å². The van der Waals surface area contributed by atoms with Crippen molar-refractivity contribution in [2.75, 3.05) is 25.8 Å². The van der Waals surface area contributed by atoms with E-state index in [9.17, 15) is 35.9 Å². The van der Waals surface area contributed by atoms with Crippen LogP contribution in [-0.4, -0.2) is 44.1 Å². The molecule has 0 aliphatic rings. The lowest BCUT2D eigenvalue weighted by Crippen LogP contribution is -2.46. The number of rotatable bonds is 5. The number of hydrogen-bond acceptors (Lipinski definition) is 4. The fraction of sp³-hybridized carbons (Fsp3) is 0.222. The van der Waals surface area contributed by atoms with Crippen LogP contribution < -0.4 is 9.64 Å². The predicted octanol–water partition coefficient (Wildman–Crippen LogP) is 4.31. The molecule has 2 aromatic rings. The van der Waals surface area contributed by atoms with Crippen molar-refractivity contribution in [3.8, 4) is 5.75 Å². The van der Waals surface area contributed by atoms with Gasteiger partial charge < -0.3 is 9.47 Å². The first-order chi connectivity index (χ1) is 14.0. The highest BCUT2D eigenvalue weighted by atomic mass is 19.4. The second-order valence-corrected chi connectivity index (χ2v) is 5.75. The van der Waals surface area contributed by atoms with Gasteiger partial charge in [-0.05, 0) is 24.3 Å². The smallest absolute Gasteiger partial charge is 0.406 e. The van der Waals surface area contributed by atoms with E-state index in [1.54, 1.807) is 0 Å². The number of nitrogens with zero attached hydrogens (tertiary/aromatic N) is 2. The zero-order valence-corrected chi connectivity index (χ0v) is 15.5. The summed E-state index contributed by atoms with van der Waals surface area (Å²) in [6.45, 7) is -0.743. The number of anilines is 1. The average molecular weight is 436 g/mol. The van der Waals surface area contributed by atoms with E-state index in [4.69, 9.17) is 4.74 Å². The Bertz CT molecular complexity index is 931. The molecule has 0 fully saturated rings. The number of methoxy groups -OCH3 is 1. The molecule has 0 atom stereocenters. The van der Waals surface area contributed by atoms with E-state index in [0.717, 1.165) is 44.5 Å². The van der Waals surface area contributed by atoms with Crippen molar-refractivity contribution in [2.45, 2.75) is 6.36 Å². The molecule has 0 N–H and O–H groups in total. The third kappa shape index (κ3) is 5.20. The Hall–Kier alpha value is -3.28. The quantitative estimate of drug-likeness (QED) is 0.518. The third-order valence-corrected chi connectivity index (χ3v) is 3.71. The molecular weight excluding hydrogens is 422 g/mol. The second kappa shape index (κ2) is 9.03. The summed E-state index contributed by atoms with van der Waals surface area (Å²) in [7, 11) is 2.09. The summed E-state index contributed by atoms with van der Waals surface area (Å²) in [6, 6.07) is 3.28. The van der Waals surface area contributed by atoms with Gasteiger partial charge in [0, 0.05) is 20.2 Å². The largest absolute Gasteiger partial charge is 0.573 e. The SMILES string of the molecule is COCN(C(=O)c1c(F)cccc1F)C(=O)N(C)c1ccc(OC(F)(F)F)cc1F. The van der Waals surface area contributed by atoms with Gasteiger partial charge >= 0.3 is 12.4 Å². The highest BCUT2D eigenvalue weighted by molar-refractivity contribution is 6.08. The molecule has 0 saturated heterocycles. The van der Waals surface area contributed by atoms with Crippen LogP contribution >= 0.6 is 0 Å². The minimum atomic E-state index is -5.05. The van der Waals surface area contributed by atoms with Gasteiger partial charge in [-0.1, -0.05) is 6.07 Å². The van der Waals surface area contributed by atoms with Crippen LogP contribution in [0.4, 0.5) is 36.8 Å². The van der Waals surface area contributed by atoms with E-state index < -0.39 is 59.5 Å². The highest BCUT2D eigenvalue weighted by Crippen LogP contribution is 2.28. The van der Waals surface area contributed by atoms with Gasteiger partial charge in [0.1, 0.15) is 29.7 Å². The highest BCUT2D eigenvalue weighted by Gasteiger charge is 2.33. The molecular formula is C18H14F6N2O4. The van der Waals surface area contributed by atoms with Gasteiger partial charge in [0.15, 0.2) is 5.82 Å². The minimum absolute atomic E-state index is 0.293. The van der Waals surface area contributed by atoms with Crippen molar-refractivity contribution >= 4 is 17.6 Å². The van der Waals surface area contributed by atoms with E-state index in [2.05, 4.69) is 4.74 Å². The Balaban J connectivity index is 2.34. The molecule has 0 radical (unpaired) electrons. The maximum absolute atomic E-state index is 14.2. The Labute approximate surface area is 166 Å². The lowest BCUT2D eigenvalue weighted by atomic mass is 10.1. The Morgan fingerprint density at radius 3 is 2.10 bits per heavy atom. The number of carbonyl (C=O) groups is 2. The van der Waals surface area contributed by atoms with Crippen molar-refractivity contribution in [3.05, 3.63) is 59.4 Å². The van der Waals surface area contributed by atoms with E-state index in [1.807, 2.05) is 0 Å². The van der Waals surface area contributed by atoms with Crippen LogP contribution in [0.2, 0.25) is 0 Å². The number of halogens is 6. The molecule has 0 bridgehead atoms. The molecule has 0 aliphatic heterocycles. The molecule has 3 amide bonds. The van der Waals surface area contributed by atoms with Gasteiger partial charge in [0.05, 0.1) is 5.69 Å². The maximum atomic E-state index is 14.2. The zero-order chi connectivity index (χ0) is 22.6. The van der Waals surface area contributed by atoms with Gasteiger partial charge in [-0.25, -0.2) is 22.9 Å². The molecule has 0 saturated carbocycles. The number of benzene rings is 2. The van der Waals surface area contributed by atoms with Crippen LogP contribution in [0, 0.1) is 17.5 Å². The van der Waals surface area contributed by atoms with Crippen LogP contribution in [0.3, 0.4) is 0 Å². The standard InChI is InChI=1S/C18H14F6N2O4/c1-25(14-7-6-10(8-13(14)21)30-18(22,23)24)17(28)26(9-29-2)16(27)15-11(19)4-3-5-12(15)20/h3-8H,9H2,1-2H3. The van der Waals surface area contributed by atoms with Crippen LogP contribution in [0.15, 0.2) is 36.4 Å². The summed E-state index contributed by atoms with van der Waals surface area (Å²) >= 11 is 0. The number of urea groups is 1. The van der Waals surface area contributed by atoms with Crippen molar-refractivity contribution in [3.63, 3.8) is 0 Å². The van der Waals surface area contributed by atoms with E-state index in [0.29, 0.717) is 15.9 Å². The molecule has 0 spiro atoms. The first-order valence-corrected chi connectivity index (χ1v) is 8.04. The lowest BCUT2D eigenvalue weighted by Gasteiger charge is -2.26. The summed E-state index contributed by atoms with van der Waals surface area (Å²) in [5.74, 6) is -6.04. The van der Waals surface area contributed by atoms with Crippen molar-refractivity contribution in [1.82, 2.24) is 4.90 Å². The van der Waals surface area contributed by atoms with Crippen molar-refractivity contribution < 1.29 is 45.4 Å². The number of alkyl halides is 3. The summed E-state index contributed by atoms with van der Waals surface area (Å²) in [6.07, 6.45) is -5.05. The van der Waals surface area contributed by atoms with E-state index in [1.165, 1.54) is 0 Å². The first-order valence-electron chi connectivity index (χ1n) is 8.04. The van der Waals surface area contributed by atoms with Crippen molar-refractivity contribution in [2.24, 2.45) is 0 Å². The van der Waals surface area contributed by atoms with Gasteiger partial charge in [-0.2, -0.15) is 0 Å². The normalized spacial score (nSPS) is 11.2. The second-order valence-electron chi connectivity index (χ2n) is 5.75. The van der Waals surface area contributed by atoms with E-state index >= 15 is 0 Å². The summed E-state index contributed by atoms with van der Waals surface area (Å²) in [5.41, 5.74) is -1.57. The Morgan fingerprint density at radius 2 is 1.60 bits per heavy atom. The van der Waals surface area contributed by atoms with E-state index in [-0.39, 0.29) is 0 Å². The lowest BCUT2D eigenvalue weighted by molar-refractivity contribution is -0.274. The van der Waals surface area contributed by atoms with Gasteiger partial charge in [0.25, 0.3) is 5.91 Å². The topological polar surface area (TPSA) is 59.1 Å². The summed E-state index contributed by atoms with van der Waals surface area (Å²) < 4.78 is 87.1. The molecule has 0 aromatic heterocycles. The molecule has 0 heterocycles. The number of imide groups is 1. The predicted molar refractivity (Wildman–Crippen MR) is 91.3 cm³/mol. The number of amides is 3. The monoisotopic (exact) mass is 436 g/mol. The molecule has 162 valence electrons. The third-order valence-electron chi connectivity index (χ3n) is 3.71. The zero-order valence-electron chi connectivity index (χ0n) is 15.5. The van der Waals surface area contributed by atoms with Gasteiger partial charge in [0.2, 0.25) is 0 Å². The molecule has 30 heavy (non-hydrogen) atoms. The Morgan fingerprint density at radius 1 is 1.00 bits per heavy atom. The van der Waals surface area contributed by atoms with Crippen LogP contribution in [0.5, 0.6) is 5.75 Å². The average Bonchev–Trinajstić information content (AvgIpc) is 2.63.